The summed E-state index contributed by atoms with van der Waals surface area (Å²) in [6.45, 7) is 4.29. The van der Waals surface area contributed by atoms with Crippen molar-refractivity contribution in [2.45, 2.75) is 34.5 Å². The second-order valence-corrected chi connectivity index (χ2v) is 7.74. The van der Waals surface area contributed by atoms with Gasteiger partial charge in [0.25, 0.3) is 0 Å². The van der Waals surface area contributed by atoms with Gasteiger partial charge in [-0.15, -0.1) is 0 Å². The van der Waals surface area contributed by atoms with Crippen LogP contribution in [0.5, 0.6) is 0 Å². The molecular weight excluding hydrogens is 300 g/mol. The van der Waals surface area contributed by atoms with Crippen molar-refractivity contribution in [3.63, 3.8) is 0 Å². The number of nitrogens with zero attached hydrogens (tertiary/aromatic N) is 1. The second-order valence-electron chi connectivity index (χ2n) is 6.66. The molecule has 2 nitrogen and oxygen atoms in total. The van der Waals surface area contributed by atoms with E-state index in [0.29, 0.717) is 0 Å². The van der Waals surface area contributed by atoms with Gasteiger partial charge in [-0.3, -0.25) is 0 Å². The molecule has 2 aliphatic rings. The highest BCUT2D eigenvalue weighted by atomic mass is 32.2. The third kappa shape index (κ3) is 2.61. The van der Waals surface area contributed by atoms with Crippen molar-refractivity contribution in [1.29, 1.82) is 0 Å². The zero-order chi connectivity index (χ0) is 15.7. The van der Waals surface area contributed by atoms with Crippen molar-refractivity contribution in [2.75, 3.05) is 26.2 Å². The summed E-state index contributed by atoms with van der Waals surface area (Å²) in [5.41, 5.74) is 8.97. The van der Waals surface area contributed by atoms with E-state index in [4.69, 9.17) is 5.73 Å². The number of rotatable bonds is 3. The van der Waals surface area contributed by atoms with E-state index in [1.165, 1.54) is 35.7 Å². The van der Waals surface area contributed by atoms with Crippen molar-refractivity contribution in [2.24, 2.45) is 5.73 Å². The average Bonchev–Trinajstić information content (AvgIpc) is 2.61. The standard InChI is InChI=1S/C20H24N2S/c21-12-5-13-22-14-10-20(11-15-22)16-6-1-3-8-18(16)23-19-9-4-2-7-17(19)20/h1-4,6-9H,5,10-15,21H2. The quantitative estimate of drug-likeness (QED) is 0.929. The summed E-state index contributed by atoms with van der Waals surface area (Å²) in [5.74, 6) is 0. The average molecular weight is 324 g/mol. The van der Waals surface area contributed by atoms with Gasteiger partial charge < -0.3 is 10.6 Å². The van der Waals surface area contributed by atoms with Gasteiger partial charge in [0.15, 0.2) is 0 Å². The largest absolute Gasteiger partial charge is 0.330 e. The molecule has 0 amide bonds. The van der Waals surface area contributed by atoms with E-state index >= 15 is 0 Å². The van der Waals surface area contributed by atoms with Gasteiger partial charge in [0.1, 0.15) is 0 Å². The first-order valence-electron chi connectivity index (χ1n) is 8.63. The van der Waals surface area contributed by atoms with Gasteiger partial charge in [-0.25, -0.2) is 0 Å². The Balaban J connectivity index is 1.71. The van der Waals surface area contributed by atoms with Crippen LogP contribution in [0.25, 0.3) is 0 Å². The summed E-state index contributed by atoms with van der Waals surface area (Å²) in [7, 11) is 0. The van der Waals surface area contributed by atoms with E-state index in [-0.39, 0.29) is 5.41 Å². The van der Waals surface area contributed by atoms with Crippen LogP contribution in [-0.2, 0) is 5.41 Å². The minimum absolute atomic E-state index is 0.206. The molecule has 1 saturated heterocycles. The molecule has 0 bridgehead atoms. The SMILES string of the molecule is NCCCN1CCC2(CC1)c1ccccc1Sc1ccccc12. The zero-order valence-electron chi connectivity index (χ0n) is 13.5. The molecule has 0 aromatic heterocycles. The van der Waals surface area contributed by atoms with Gasteiger partial charge >= 0.3 is 0 Å². The molecule has 2 aromatic carbocycles. The van der Waals surface area contributed by atoms with Crippen molar-refractivity contribution in [3.05, 3.63) is 59.7 Å². The topological polar surface area (TPSA) is 29.3 Å². The third-order valence-electron chi connectivity index (χ3n) is 5.41. The first-order valence-corrected chi connectivity index (χ1v) is 9.44. The molecular formula is C20H24N2S. The molecule has 2 heterocycles. The van der Waals surface area contributed by atoms with Gasteiger partial charge in [0, 0.05) is 15.2 Å². The summed E-state index contributed by atoms with van der Waals surface area (Å²) >= 11 is 1.93. The van der Waals surface area contributed by atoms with Crippen molar-refractivity contribution >= 4 is 11.8 Å². The molecule has 1 fully saturated rings. The molecule has 4 rings (SSSR count). The third-order valence-corrected chi connectivity index (χ3v) is 6.57. The van der Waals surface area contributed by atoms with E-state index in [0.717, 1.165) is 19.5 Å². The maximum absolute atomic E-state index is 5.68. The molecule has 0 atom stereocenters. The van der Waals surface area contributed by atoms with Crippen molar-refractivity contribution in [3.8, 4) is 0 Å². The zero-order valence-corrected chi connectivity index (χ0v) is 14.3. The molecule has 2 aliphatic heterocycles. The van der Waals surface area contributed by atoms with Gasteiger partial charge in [-0.05, 0) is 68.7 Å². The van der Waals surface area contributed by atoms with E-state index in [1.54, 1.807) is 11.1 Å². The Morgan fingerprint density at radius 3 is 2.04 bits per heavy atom. The van der Waals surface area contributed by atoms with Gasteiger partial charge in [0.2, 0.25) is 0 Å². The van der Waals surface area contributed by atoms with Crippen LogP contribution < -0.4 is 5.73 Å². The van der Waals surface area contributed by atoms with Gasteiger partial charge in [-0.1, -0.05) is 48.2 Å². The highest BCUT2D eigenvalue weighted by Gasteiger charge is 2.42. The Kier molecular flexibility index (Phi) is 4.18. The highest BCUT2D eigenvalue weighted by molar-refractivity contribution is 7.99. The van der Waals surface area contributed by atoms with E-state index in [1.807, 2.05) is 11.8 Å². The molecule has 3 heteroatoms. The Hall–Kier alpha value is -1.29. The Labute approximate surface area is 143 Å². The van der Waals surface area contributed by atoms with Crippen LogP contribution >= 0.6 is 11.8 Å². The number of fused-ring (bicyclic) bond motifs is 4. The van der Waals surface area contributed by atoms with E-state index in [9.17, 15) is 0 Å². The van der Waals surface area contributed by atoms with Crippen LogP contribution in [0, 0.1) is 0 Å². The summed E-state index contributed by atoms with van der Waals surface area (Å²) in [5, 5.41) is 0. The number of likely N-dealkylation sites (tertiary alicyclic amines) is 1. The van der Waals surface area contributed by atoms with E-state index < -0.39 is 0 Å². The predicted molar refractivity (Wildman–Crippen MR) is 97.1 cm³/mol. The summed E-state index contributed by atoms with van der Waals surface area (Å²) in [6.07, 6.45) is 3.54. The number of benzene rings is 2. The Morgan fingerprint density at radius 2 is 1.48 bits per heavy atom. The normalized spacial score (nSPS) is 19.3. The maximum Gasteiger partial charge on any atom is 0.0249 e. The lowest BCUT2D eigenvalue weighted by Gasteiger charge is -2.46. The molecule has 2 aromatic rings. The second kappa shape index (κ2) is 6.31. The number of hydrogen-bond acceptors (Lipinski definition) is 3. The van der Waals surface area contributed by atoms with Crippen molar-refractivity contribution in [1.82, 2.24) is 4.90 Å². The number of piperidine rings is 1. The molecule has 0 unspecified atom stereocenters. The number of nitrogens with two attached hydrogens (primary N) is 1. The fourth-order valence-corrected chi connectivity index (χ4v) is 5.45. The van der Waals surface area contributed by atoms with Crippen LogP contribution in [0.15, 0.2) is 58.3 Å². The first-order chi connectivity index (χ1) is 11.3. The van der Waals surface area contributed by atoms with Crippen LogP contribution in [0.2, 0.25) is 0 Å². The van der Waals surface area contributed by atoms with Crippen LogP contribution in [0.3, 0.4) is 0 Å². The Morgan fingerprint density at radius 1 is 0.913 bits per heavy atom. The highest BCUT2D eigenvalue weighted by Crippen LogP contribution is 2.53. The summed E-state index contributed by atoms with van der Waals surface area (Å²) in [6, 6.07) is 18.0. The smallest absolute Gasteiger partial charge is 0.0249 e. The molecule has 0 radical (unpaired) electrons. The lowest BCUT2D eigenvalue weighted by atomic mass is 9.67. The molecule has 120 valence electrons. The summed E-state index contributed by atoms with van der Waals surface area (Å²) in [4.78, 5) is 5.48. The Bertz CT molecular complexity index is 642. The maximum atomic E-state index is 5.68. The molecule has 2 N–H and O–H groups in total. The fourth-order valence-electron chi connectivity index (χ4n) is 4.18. The number of hydrogen-bond donors (Lipinski definition) is 1. The molecule has 0 saturated carbocycles. The van der Waals surface area contributed by atoms with Crippen LogP contribution in [-0.4, -0.2) is 31.1 Å². The lowest BCUT2D eigenvalue weighted by Crippen LogP contribution is -2.45. The van der Waals surface area contributed by atoms with E-state index in [2.05, 4.69) is 53.4 Å². The summed E-state index contributed by atoms with van der Waals surface area (Å²) < 4.78 is 0. The monoisotopic (exact) mass is 324 g/mol. The van der Waals surface area contributed by atoms with Crippen molar-refractivity contribution < 1.29 is 0 Å². The molecule has 23 heavy (non-hydrogen) atoms. The van der Waals surface area contributed by atoms with Gasteiger partial charge in [0.05, 0.1) is 0 Å². The first kappa shape index (κ1) is 15.3. The minimum Gasteiger partial charge on any atom is -0.330 e. The van der Waals surface area contributed by atoms with Gasteiger partial charge in [-0.2, -0.15) is 0 Å². The fraction of sp³-hybridized carbons (Fsp3) is 0.400. The predicted octanol–water partition coefficient (Wildman–Crippen LogP) is 3.88. The van der Waals surface area contributed by atoms with Crippen LogP contribution in [0.4, 0.5) is 0 Å². The van der Waals surface area contributed by atoms with Crippen LogP contribution in [0.1, 0.15) is 30.4 Å². The molecule has 0 aliphatic carbocycles. The molecule has 1 spiro atoms. The lowest BCUT2D eigenvalue weighted by molar-refractivity contribution is 0.175. The minimum atomic E-state index is 0.206.